The second-order valence-electron chi connectivity index (χ2n) is 8.35. The molecular formula is C23H26N2. The number of hydrogen-bond donors (Lipinski definition) is 0. The Labute approximate surface area is 150 Å². The minimum Gasteiger partial charge on any atom is -0.348 e. The van der Waals surface area contributed by atoms with E-state index in [9.17, 15) is 0 Å². The van der Waals surface area contributed by atoms with Gasteiger partial charge in [0.15, 0.2) is 0 Å². The summed E-state index contributed by atoms with van der Waals surface area (Å²) in [4.78, 5) is 4.92. The third-order valence-electron chi connectivity index (χ3n) is 6.75. The Morgan fingerprint density at radius 2 is 1.68 bits per heavy atom. The van der Waals surface area contributed by atoms with Crippen LogP contribution in [0.1, 0.15) is 56.7 Å². The van der Waals surface area contributed by atoms with E-state index in [0.717, 1.165) is 0 Å². The lowest BCUT2D eigenvalue weighted by atomic mass is 9.67. The van der Waals surface area contributed by atoms with Crippen LogP contribution in [0.3, 0.4) is 0 Å². The number of allylic oxidation sites excluding steroid dienone is 1. The van der Waals surface area contributed by atoms with Gasteiger partial charge in [-0.2, -0.15) is 0 Å². The van der Waals surface area contributed by atoms with E-state index < -0.39 is 0 Å². The highest BCUT2D eigenvalue weighted by molar-refractivity contribution is 5.93. The van der Waals surface area contributed by atoms with E-state index in [1.807, 2.05) is 0 Å². The van der Waals surface area contributed by atoms with Crippen LogP contribution in [-0.4, -0.2) is 7.05 Å². The van der Waals surface area contributed by atoms with E-state index in [-0.39, 0.29) is 5.41 Å². The van der Waals surface area contributed by atoms with Gasteiger partial charge in [-0.05, 0) is 35.1 Å². The van der Waals surface area contributed by atoms with Gasteiger partial charge in [-0.3, -0.25) is 0 Å². The zero-order chi connectivity index (χ0) is 17.5. The molecule has 0 amide bonds. The van der Waals surface area contributed by atoms with Crippen molar-refractivity contribution in [2.75, 3.05) is 16.8 Å². The molecule has 3 aliphatic rings. The summed E-state index contributed by atoms with van der Waals surface area (Å²) in [5.41, 5.74) is 10.1. The Kier molecular flexibility index (Phi) is 2.83. The van der Waals surface area contributed by atoms with Crippen LogP contribution in [0.2, 0.25) is 0 Å². The quantitative estimate of drug-likeness (QED) is 0.642. The monoisotopic (exact) mass is 330 g/mol. The van der Waals surface area contributed by atoms with E-state index in [1.54, 1.807) is 0 Å². The van der Waals surface area contributed by atoms with Crippen molar-refractivity contribution >= 4 is 17.1 Å². The van der Waals surface area contributed by atoms with Crippen molar-refractivity contribution in [2.45, 2.75) is 45.4 Å². The first-order valence-corrected chi connectivity index (χ1v) is 9.48. The molecule has 0 aromatic heterocycles. The Bertz CT molecular complexity index is 922. The van der Waals surface area contributed by atoms with E-state index >= 15 is 0 Å². The lowest BCUT2D eigenvalue weighted by Gasteiger charge is -2.52. The van der Waals surface area contributed by atoms with Gasteiger partial charge in [0.25, 0.3) is 0 Å². The highest BCUT2D eigenvalue weighted by atomic mass is 15.3. The fraction of sp³-hybridized carbons (Fsp3) is 0.391. The molecule has 0 saturated carbocycles. The minimum atomic E-state index is 0.0231. The van der Waals surface area contributed by atoms with Gasteiger partial charge >= 0.3 is 0 Å². The number of rotatable bonds is 1. The van der Waals surface area contributed by atoms with E-state index in [2.05, 4.69) is 87.1 Å². The smallest absolute Gasteiger partial charge is 0.0737 e. The largest absolute Gasteiger partial charge is 0.348 e. The molecule has 2 atom stereocenters. The maximum absolute atomic E-state index is 2.59. The van der Waals surface area contributed by atoms with Gasteiger partial charge in [0, 0.05) is 30.3 Å². The fourth-order valence-corrected chi connectivity index (χ4v) is 5.38. The van der Waals surface area contributed by atoms with Crippen LogP contribution in [-0.2, 0) is 5.41 Å². The lowest BCUT2D eigenvalue weighted by Crippen LogP contribution is -2.42. The van der Waals surface area contributed by atoms with Gasteiger partial charge in [-0.25, -0.2) is 0 Å². The average molecular weight is 330 g/mol. The predicted molar refractivity (Wildman–Crippen MR) is 106 cm³/mol. The first-order valence-electron chi connectivity index (χ1n) is 9.48. The Morgan fingerprint density at radius 1 is 1.00 bits per heavy atom. The Morgan fingerprint density at radius 3 is 2.40 bits per heavy atom. The third-order valence-corrected chi connectivity index (χ3v) is 6.75. The number of hydrogen-bond acceptors (Lipinski definition) is 2. The van der Waals surface area contributed by atoms with Crippen molar-refractivity contribution in [1.82, 2.24) is 0 Å². The van der Waals surface area contributed by atoms with Crippen molar-refractivity contribution in [3.63, 3.8) is 0 Å². The molecule has 3 heterocycles. The van der Waals surface area contributed by atoms with Crippen LogP contribution in [0.4, 0.5) is 17.1 Å². The number of para-hydroxylation sites is 2. The number of benzene rings is 2. The molecule has 2 aromatic carbocycles. The molecule has 3 aliphatic heterocycles. The molecule has 2 nitrogen and oxygen atoms in total. The molecule has 2 heteroatoms. The molecule has 0 saturated heterocycles. The van der Waals surface area contributed by atoms with Crippen molar-refractivity contribution in [2.24, 2.45) is 5.92 Å². The van der Waals surface area contributed by atoms with Crippen LogP contribution in [0.15, 0.2) is 48.3 Å². The molecule has 2 aromatic rings. The average Bonchev–Trinajstić information content (AvgIpc) is 2.60. The summed E-state index contributed by atoms with van der Waals surface area (Å²) >= 11 is 0. The van der Waals surface area contributed by atoms with Gasteiger partial charge in [0.1, 0.15) is 0 Å². The van der Waals surface area contributed by atoms with Crippen LogP contribution in [0.25, 0.3) is 0 Å². The van der Waals surface area contributed by atoms with Crippen LogP contribution in [0.5, 0.6) is 0 Å². The molecule has 25 heavy (non-hydrogen) atoms. The molecule has 0 radical (unpaired) electrons. The first kappa shape index (κ1) is 15.1. The summed E-state index contributed by atoms with van der Waals surface area (Å²) in [6.07, 6.45) is 3.54. The second-order valence-corrected chi connectivity index (χ2v) is 8.35. The van der Waals surface area contributed by atoms with Crippen molar-refractivity contribution in [1.29, 1.82) is 0 Å². The molecule has 2 unspecified atom stereocenters. The van der Waals surface area contributed by atoms with Crippen LogP contribution < -0.4 is 9.80 Å². The Balaban J connectivity index is 1.95. The predicted octanol–water partition coefficient (Wildman–Crippen LogP) is 5.90. The number of anilines is 3. The van der Waals surface area contributed by atoms with Crippen LogP contribution in [0, 0.1) is 5.92 Å². The van der Waals surface area contributed by atoms with E-state index in [4.69, 9.17) is 0 Å². The van der Waals surface area contributed by atoms with Crippen molar-refractivity contribution < 1.29 is 0 Å². The maximum Gasteiger partial charge on any atom is 0.0737 e. The Hall–Kier alpha value is -2.22. The summed E-state index contributed by atoms with van der Waals surface area (Å²) in [5, 5.41) is 0. The zero-order valence-corrected chi connectivity index (χ0v) is 15.8. The molecule has 128 valence electrons. The summed E-state index contributed by atoms with van der Waals surface area (Å²) < 4.78 is 0. The topological polar surface area (TPSA) is 6.48 Å². The summed E-state index contributed by atoms with van der Waals surface area (Å²) in [5.74, 6) is 1.12. The SMILES string of the molecule is CCC1C2=CN(C)c3cccc4c3N2c2c(cccc2C4(C)C)C1C. The second kappa shape index (κ2) is 4.69. The highest BCUT2D eigenvalue weighted by Gasteiger charge is 2.46. The summed E-state index contributed by atoms with van der Waals surface area (Å²) in [7, 11) is 2.19. The molecule has 0 aliphatic carbocycles. The van der Waals surface area contributed by atoms with Gasteiger partial charge in [0.05, 0.1) is 17.1 Å². The molecular weight excluding hydrogens is 304 g/mol. The lowest BCUT2D eigenvalue weighted by molar-refractivity contribution is 0.466. The van der Waals surface area contributed by atoms with Crippen LogP contribution >= 0.6 is 0 Å². The normalized spacial score (nSPS) is 24.8. The summed E-state index contributed by atoms with van der Waals surface area (Å²) in [6.45, 7) is 9.49. The zero-order valence-electron chi connectivity index (χ0n) is 15.8. The van der Waals surface area contributed by atoms with Crippen molar-refractivity contribution in [3.8, 4) is 0 Å². The molecule has 0 bridgehead atoms. The van der Waals surface area contributed by atoms with Gasteiger partial charge in [-0.1, -0.05) is 58.0 Å². The number of nitrogens with zero attached hydrogens (tertiary/aromatic N) is 2. The summed E-state index contributed by atoms with van der Waals surface area (Å²) in [6, 6.07) is 13.7. The maximum atomic E-state index is 2.59. The van der Waals surface area contributed by atoms with Gasteiger partial charge < -0.3 is 9.80 Å². The molecule has 0 N–H and O–H groups in total. The van der Waals surface area contributed by atoms with E-state index in [0.29, 0.717) is 11.8 Å². The van der Waals surface area contributed by atoms with E-state index in [1.165, 1.54) is 45.9 Å². The fourth-order valence-electron chi connectivity index (χ4n) is 5.38. The molecule has 0 spiro atoms. The third kappa shape index (κ3) is 1.65. The van der Waals surface area contributed by atoms with Crippen molar-refractivity contribution in [3.05, 3.63) is 65.0 Å². The first-order chi connectivity index (χ1) is 12.0. The highest BCUT2D eigenvalue weighted by Crippen LogP contribution is 2.61. The molecule has 5 rings (SSSR count). The minimum absolute atomic E-state index is 0.0231. The molecule has 0 fully saturated rings. The van der Waals surface area contributed by atoms with Gasteiger partial charge in [-0.15, -0.1) is 0 Å². The standard InChI is InChI=1S/C23H26N2/c1-6-15-14(2)16-9-7-10-17-21(16)25-20(15)13-24(5)19-12-8-11-18(22(19)25)23(17,3)4/h7-15H,6H2,1-5H3. The van der Waals surface area contributed by atoms with Gasteiger partial charge in [0.2, 0.25) is 0 Å².